The zero-order valence-electron chi connectivity index (χ0n) is 9.07. The summed E-state index contributed by atoms with van der Waals surface area (Å²) >= 11 is 1.43. The molecular weight excluding hydrogens is 208 g/mol. The highest BCUT2D eigenvalue weighted by molar-refractivity contribution is 7.97. The average molecular weight is 222 g/mol. The number of benzene rings is 1. The van der Waals surface area contributed by atoms with E-state index in [-0.39, 0.29) is 5.54 Å². The summed E-state index contributed by atoms with van der Waals surface area (Å²) in [6.45, 7) is 6.30. The number of rotatable bonds is 2. The summed E-state index contributed by atoms with van der Waals surface area (Å²) in [6.07, 6.45) is 0. The summed E-state index contributed by atoms with van der Waals surface area (Å²) < 4.78 is 8.81. The molecule has 0 fully saturated rings. The highest BCUT2D eigenvalue weighted by atomic mass is 32.2. The molecule has 0 saturated carbocycles. The molecule has 0 unspecified atom stereocenters. The third-order valence-corrected chi connectivity index (χ3v) is 2.78. The molecular formula is C11H14N2OS. The first-order valence-corrected chi connectivity index (χ1v) is 5.66. The van der Waals surface area contributed by atoms with Crippen LogP contribution in [0.1, 0.15) is 20.8 Å². The maximum atomic E-state index is 5.55. The van der Waals surface area contributed by atoms with Crippen molar-refractivity contribution in [2.24, 2.45) is 0 Å². The van der Waals surface area contributed by atoms with Crippen molar-refractivity contribution in [2.75, 3.05) is 0 Å². The van der Waals surface area contributed by atoms with Crippen LogP contribution in [0, 0.1) is 0 Å². The van der Waals surface area contributed by atoms with Crippen LogP contribution in [0.4, 0.5) is 0 Å². The molecule has 0 aliphatic rings. The van der Waals surface area contributed by atoms with Gasteiger partial charge in [0.2, 0.25) is 0 Å². The molecule has 2 rings (SSSR count). The summed E-state index contributed by atoms with van der Waals surface area (Å²) in [5.41, 5.74) is 1.78. The number of hydrogen-bond acceptors (Lipinski definition) is 4. The van der Waals surface area contributed by atoms with Gasteiger partial charge < -0.3 is 4.42 Å². The maximum Gasteiger partial charge on any atom is 0.272 e. The summed E-state index contributed by atoms with van der Waals surface area (Å²) in [5.74, 6) is 0. The largest absolute Gasteiger partial charge is 0.430 e. The van der Waals surface area contributed by atoms with Crippen molar-refractivity contribution >= 4 is 23.0 Å². The van der Waals surface area contributed by atoms with Crippen molar-refractivity contribution in [3.63, 3.8) is 0 Å². The van der Waals surface area contributed by atoms with Gasteiger partial charge in [-0.15, -0.1) is 0 Å². The molecule has 0 amide bonds. The molecule has 0 aliphatic carbocycles. The van der Waals surface area contributed by atoms with Gasteiger partial charge in [0.25, 0.3) is 5.22 Å². The van der Waals surface area contributed by atoms with E-state index in [4.69, 9.17) is 4.42 Å². The highest BCUT2D eigenvalue weighted by Crippen LogP contribution is 2.22. The summed E-state index contributed by atoms with van der Waals surface area (Å²) in [5, 5.41) is 0.658. The minimum Gasteiger partial charge on any atom is -0.430 e. The lowest BCUT2D eigenvalue weighted by Gasteiger charge is -2.17. The van der Waals surface area contributed by atoms with Crippen molar-refractivity contribution in [3.05, 3.63) is 24.3 Å². The lowest BCUT2D eigenvalue weighted by Crippen LogP contribution is -2.29. The smallest absolute Gasteiger partial charge is 0.272 e. The average Bonchev–Trinajstić information content (AvgIpc) is 2.56. The zero-order chi connectivity index (χ0) is 10.9. The van der Waals surface area contributed by atoms with Crippen molar-refractivity contribution in [1.29, 1.82) is 0 Å². The Hall–Kier alpha value is -1.00. The fourth-order valence-electron chi connectivity index (χ4n) is 1.09. The molecule has 4 heteroatoms. The molecule has 80 valence electrons. The van der Waals surface area contributed by atoms with Gasteiger partial charge in [0.1, 0.15) is 5.52 Å². The molecule has 1 aromatic carbocycles. The summed E-state index contributed by atoms with van der Waals surface area (Å²) in [4.78, 5) is 4.35. The molecule has 0 spiro atoms. The topological polar surface area (TPSA) is 38.1 Å². The van der Waals surface area contributed by atoms with Gasteiger partial charge in [-0.3, -0.25) is 4.72 Å². The first-order valence-electron chi connectivity index (χ1n) is 4.84. The van der Waals surface area contributed by atoms with Crippen LogP contribution in [0.2, 0.25) is 0 Å². The summed E-state index contributed by atoms with van der Waals surface area (Å²) in [7, 11) is 0. The van der Waals surface area contributed by atoms with Gasteiger partial charge in [-0.25, -0.2) is 4.98 Å². The molecule has 0 atom stereocenters. The fourth-order valence-corrected chi connectivity index (χ4v) is 1.76. The van der Waals surface area contributed by atoms with E-state index in [1.165, 1.54) is 11.9 Å². The second-order valence-corrected chi connectivity index (χ2v) is 5.16. The summed E-state index contributed by atoms with van der Waals surface area (Å²) in [6, 6.07) is 7.76. The second-order valence-electron chi connectivity index (χ2n) is 4.40. The molecule has 1 heterocycles. The predicted molar refractivity (Wildman–Crippen MR) is 62.8 cm³/mol. The van der Waals surface area contributed by atoms with Crippen LogP contribution in [-0.4, -0.2) is 10.5 Å². The van der Waals surface area contributed by atoms with Crippen LogP contribution in [-0.2, 0) is 0 Å². The number of hydrogen-bond donors (Lipinski definition) is 1. The second kappa shape index (κ2) is 3.87. The third-order valence-electron chi connectivity index (χ3n) is 1.72. The number of nitrogens with one attached hydrogen (secondary N) is 1. The van der Waals surface area contributed by atoms with Crippen LogP contribution in [0.25, 0.3) is 11.1 Å². The minimum absolute atomic E-state index is 0.0469. The number of fused-ring (bicyclic) bond motifs is 1. The number of para-hydroxylation sites is 2. The van der Waals surface area contributed by atoms with Crippen molar-refractivity contribution in [1.82, 2.24) is 9.71 Å². The van der Waals surface area contributed by atoms with E-state index in [1.54, 1.807) is 0 Å². The Balaban J connectivity index is 2.16. The van der Waals surface area contributed by atoms with Gasteiger partial charge in [0, 0.05) is 17.5 Å². The van der Waals surface area contributed by atoms with E-state index in [1.807, 2.05) is 24.3 Å². The van der Waals surface area contributed by atoms with Crippen LogP contribution in [0.5, 0.6) is 0 Å². The standard InChI is InChI=1S/C11H14N2OS/c1-11(2,3)13-15-10-12-8-6-4-5-7-9(8)14-10/h4-7,13H,1-3H3. The maximum absolute atomic E-state index is 5.55. The number of aromatic nitrogens is 1. The zero-order valence-corrected chi connectivity index (χ0v) is 9.89. The molecule has 0 aliphatic heterocycles. The van der Waals surface area contributed by atoms with E-state index >= 15 is 0 Å². The molecule has 1 aromatic heterocycles. The normalized spacial score (nSPS) is 12.2. The molecule has 15 heavy (non-hydrogen) atoms. The van der Waals surface area contributed by atoms with Gasteiger partial charge in [-0.1, -0.05) is 12.1 Å². The minimum atomic E-state index is 0.0469. The van der Waals surface area contributed by atoms with Crippen molar-refractivity contribution < 1.29 is 4.42 Å². The molecule has 3 nitrogen and oxygen atoms in total. The predicted octanol–water partition coefficient (Wildman–Crippen LogP) is 3.22. The number of nitrogens with zero attached hydrogens (tertiary/aromatic N) is 1. The number of oxazole rings is 1. The molecule has 0 saturated heterocycles. The van der Waals surface area contributed by atoms with Crippen molar-refractivity contribution in [3.8, 4) is 0 Å². The van der Waals surface area contributed by atoms with E-state index in [0.29, 0.717) is 5.22 Å². The van der Waals surface area contributed by atoms with E-state index in [0.717, 1.165) is 11.1 Å². The Kier molecular flexibility index (Phi) is 2.71. The van der Waals surface area contributed by atoms with Gasteiger partial charge in [0.05, 0.1) is 0 Å². The Morgan fingerprint density at radius 1 is 1.27 bits per heavy atom. The Bertz CT molecular complexity index is 426. The van der Waals surface area contributed by atoms with Crippen LogP contribution in [0.3, 0.4) is 0 Å². The van der Waals surface area contributed by atoms with Gasteiger partial charge >= 0.3 is 0 Å². The Morgan fingerprint density at radius 3 is 2.67 bits per heavy atom. The van der Waals surface area contributed by atoms with Gasteiger partial charge in [0.15, 0.2) is 5.58 Å². The molecule has 2 aromatic rings. The lowest BCUT2D eigenvalue weighted by atomic mass is 10.1. The Labute approximate surface area is 93.4 Å². The van der Waals surface area contributed by atoms with Crippen molar-refractivity contribution in [2.45, 2.75) is 31.5 Å². The van der Waals surface area contributed by atoms with Crippen LogP contribution < -0.4 is 4.72 Å². The van der Waals surface area contributed by atoms with E-state index in [2.05, 4.69) is 30.5 Å². The van der Waals surface area contributed by atoms with E-state index in [9.17, 15) is 0 Å². The first kappa shape index (κ1) is 10.5. The first-order chi connectivity index (χ1) is 7.04. The molecule has 1 N–H and O–H groups in total. The monoisotopic (exact) mass is 222 g/mol. The Morgan fingerprint density at radius 2 is 2.00 bits per heavy atom. The lowest BCUT2D eigenvalue weighted by molar-refractivity contribution is 0.478. The quantitative estimate of drug-likeness (QED) is 0.792. The SMILES string of the molecule is CC(C)(C)NSc1nc2ccccc2o1. The third kappa shape index (κ3) is 2.73. The van der Waals surface area contributed by atoms with Crippen LogP contribution >= 0.6 is 11.9 Å². The van der Waals surface area contributed by atoms with E-state index < -0.39 is 0 Å². The fraction of sp³-hybridized carbons (Fsp3) is 0.364. The van der Waals surface area contributed by atoms with Crippen LogP contribution in [0.15, 0.2) is 33.9 Å². The van der Waals surface area contributed by atoms with Gasteiger partial charge in [-0.05, 0) is 32.9 Å². The van der Waals surface area contributed by atoms with Gasteiger partial charge in [-0.2, -0.15) is 0 Å². The molecule has 0 radical (unpaired) electrons. The highest BCUT2D eigenvalue weighted by Gasteiger charge is 2.12. The molecule has 0 bridgehead atoms.